The first kappa shape index (κ1) is 8.04. The molecule has 2 rings (SSSR count). The summed E-state index contributed by atoms with van der Waals surface area (Å²) in [4.78, 5) is 0. The lowest BCUT2D eigenvalue weighted by Gasteiger charge is -1.92. The number of hydrogen-bond donors (Lipinski definition) is 1. The lowest BCUT2D eigenvalue weighted by molar-refractivity contribution is 0.987. The molecule has 0 aliphatic heterocycles. The molecule has 2 nitrogen and oxygen atoms in total. The standard InChI is InChI=1S/C9H9IN2/c1-2-8-6-4-3-5-7(10)9(6)12-11-8/h3-5H,2H2,1H3,(H,11,12). The molecule has 0 aliphatic carbocycles. The van der Waals surface area contributed by atoms with E-state index in [1.54, 1.807) is 0 Å². The van der Waals surface area contributed by atoms with E-state index >= 15 is 0 Å². The van der Waals surface area contributed by atoms with Gasteiger partial charge in [-0.05, 0) is 35.1 Å². The molecule has 2 aromatic rings. The fraction of sp³-hybridized carbons (Fsp3) is 0.222. The number of aromatic nitrogens is 2. The molecule has 12 heavy (non-hydrogen) atoms. The molecule has 0 unspecified atom stereocenters. The molecule has 1 heterocycles. The minimum absolute atomic E-state index is 1.01. The van der Waals surface area contributed by atoms with Gasteiger partial charge in [-0.15, -0.1) is 0 Å². The summed E-state index contributed by atoms with van der Waals surface area (Å²) < 4.78 is 1.21. The number of para-hydroxylation sites is 1. The van der Waals surface area contributed by atoms with Crippen molar-refractivity contribution in [2.24, 2.45) is 0 Å². The maximum absolute atomic E-state index is 4.26. The fourth-order valence-corrected chi connectivity index (χ4v) is 1.94. The minimum atomic E-state index is 1.01. The van der Waals surface area contributed by atoms with Gasteiger partial charge >= 0.3 is 0 Å². The lowest BCUT2D eigenvalue weighted by Crippen LogP contribution is -1.78. The van der Waals surface area contributed by atoms with Gasteiger partial charge in [-0.1, -0.05) is 19.1 Å². The number of aromatic amines is 1. The fourth-order valence-electron chi connectivity index (χ4n) is 1.33. The molecule has 62 valence electrons. The van der Waals surface area contributed by atoms with Crippen molar-refractivity contribution < 1.29 is 0 Å². The highest BCUT2D eigenvalue weighted by Gasteiger charge is 2.04. The number of H-pyrrole nitrogens is 1. The smallest absolute Gasteiger partial charge is 0.106 e. The van der Waals surface area contributed by atoms with Gasteiger partial charge in [0.15, 0.2) is 0 Å². The van der Waals surface area contributed by atoms with Gasteiger partial charge in [0, 0.05) is 14.7 Å². The summed E-state index contributed by atoms with van der Waals surface area (Å²) >= 11 is 2.31. The third-order valence-corrected chi connectivity index (χ3v) is 2.84. The maximum Gasteiger partial charge on any atom is 0.106 e. The quantitative estimate of drug-likeness (QED) is 0.794. The van der Waals surface area contributed by atoms with Crippen LogP contribution in [0.4, 0.5) is 0 Å². The molecule has 1 aromatic heterocycles. The molecule has 0 atom stereocenters. The number of aryl methyl sites for hydroxylation is 1. The number of halogens is 1. The van der Waals surface area contributed by atoms with Crippen LogP contribution >= 0.6 is 22.6 Å². The molecule has 0 bridgehead atoms. The molecular weight excluding hydrogens is 263 g/mol. The van der Waals surface area contributed by atoms with E-state index in [0.717, 1.165) is 11.9 Å². The normalized spacial score (nSPS) is 10.8. The molecule has 1 aromatic carbocycles. The highest BCUT2D eigenvalue weighted by atomic mass is 127. The first-order valence-corrected chi connectivity index (χ1v) is 5.02. The molecule has 0 amide bonds. The number of benzene rings is 1. The third-order valence-electron chi connectivity index (χ3n) is 1.97. The van der Waals surface area contributed by atoms with E-state index in [1.165, 1.54) is 14.7 Å². The topological polar surface area (TPSA) is 28.7 Å². The number of rotatable bonds is 1. The van der Waals surface area contributed by atoms with Crippen LogP contribution in [0.25, 0.3) is 10.9 Å². The monoisotopic (exact) mass is 272 g/mol. The van der Waals surface area contributed by atoms with Crippen LogP contribution in [0.3, 0.4) is 0 Å². The minimum Gasteiger partial charge on any atom is -0.281 e. The van der Waals surface area contributed by atoms with Crippen LogP contribution < -0.4 is 0 Å². The Balaban J connectivity index is 2.80. The van der Waals surface area contributed by atoms with Crippen molar-refractivity contribution in [3.8, 4) is 0 Å². The van der Waals surface area contributed by atoms with Gasteiger partial charge in [0.1, 0.15) is 5.52 Å². The van der Waals surface area contributed by atoms with Crippen molar-refractivity contribution in [2.75, 3.05) is 0 Å². The molecule has 0 saturated heterocycles. The van der Waals surface area contributed by atoms with E-state index in [4.69, 9.17) is 0 Å². The van der Waals surface area contributed by atoms with Crippen LogP contribution in [0.2, 0.25) is 0 Å². The van der Waals surface area contributed by atoms with Crippen molar-refractivity contribution >= 4 is 33.5 Å². The van der Waals surface area contributed by atoms with E-state index < -0.39 is 0 Å². The second-order valence-electron chi connectivity index (χ2n) is 2.69. The van der Waals surface area contributed by atoms with Gasteiger partial charge in [-0.3, -0.25) is 5.10 Å². The van der Waals surface area contributed by atoms with Gasteiger partial charge in [-0.2, -0.15) is 5.10 Å². The van der Waals surface area contributed by atoms with Crippen LogP contribution in [0.15, 0.2) is 18.2 Å². The third kappa shape index (κ3) is 1.12. The zero-order valence-electron chi connectivity index (χ0n) is 6.76. The maximum atomic E-state index is 4.26. The molecule has 0 fully saturated rings. The first-order valence-electron chi connectivity index (χ1n) is 3.94. The Bertz CT molecular complexity index is 406. The average molecular weight is 272 g/mol. The summed E-state index contributed by atoms with van der Waals surface area (Å²) in [5.41, 5.74) is 2.32. The Kier molecular flexibility index (Phi) is 2.04. The first-order chi connectivity index (χ1) is 5.83. The van der Waals surface area contributed by atoms with Crippen molar-refractivity contribution in [2.45, 2.75) is 13.3 Å². The highest BCUT2D eigenvalue weighted by Crippen LogP contribution is 2.20. The second kappa shape index (κ2) is 3.05. The van der Waals surface area contributed by atoms with E-state index in [1.807, 2.05) is 0 Å². The Hall–Kier alpha value is -0.580. The van der Waals surface area contributed by atoms with Crippen molar-refractivity contribution in [3.05, 3.63) is 27.5 Å². The van der Waals surface area contributed by atoms with Crippen LogP contribution in [-0.2, 0) is 6.42 Å². The SMILES string of the molecule is CCc1[nH]nc2c(I)cccc12. The zero-order valence-corrected chi connectivity index (χ0v) is 8.92. The van der Waals surface area contributed by atoms with Gasteiger partial charge in [0.25, 0.3) is 0 Å². The summed E-state index contributed by atoms with van der Waals surface area (Å²) in [6.45, 7) is 2.13. The Morgan fingerprint density at radius 2 is 2.33 bits per heavy atom. The summed E-state index contributed by atoms with van der Waals surface area (Å²) in [7, 11) is 0. The zero-order chi connectivity index (χ0) is 8.55. The van der Waals surface area contributed by atoms with Gasteiger partial charge in [0.05, 0.1) is 0 Å². The molecule has 0 radical (unpaired) electrons. The van der Waals surface area contributed by atoms with Crippen LogP contribution in [0.5, 0.6) is 0 Å². The van der Waals surface area contributed by atoms with E-state index in [9.17, 15) is 0 Å². The molecule has 1 N–H and O–H groups in total. The van der Waals surface area contributed by atoms with Gasteiger partial charge in [-0.25, -0.2) is 0 Å². The second-order valence-corrected chi connectivity index (χ2v) is 3.85. The number of hydrogen-bond acceptors (Lipinski definition) is 1. The largest absolute Gasteiger partial charge is 0.281 e. The molecule has 0 aliphatic rings. The van der Waals surface area contributed by atoms with Crippen molar-refractivity contribution in [3.63, 3.8) is 0 Å². The summed E-state index contributed by atoms with van der Waals surface area (Å²) in [5.74, 6) is 0. The summed E-state index contributed by atoms with van der Waals surface area (Å²) in [6.07, 6.45) is 1.01. The lowest BCUT2D eigenvalue weighted by atomic mass is 10.2. The Labute approximate surface area is 84.5 Å². The van der Waals surface area contributed by atoms with E-state index in [2.05, 4.69) is 57.9 Å². The number of nitrogens with one attached hydrogen (secondary N) is 1. The predicted molar refractivity (Wildman–Crippen MR) is 58.2 cm³/mol. The van der Waals surface area contributed by atoms with Crippen LogP contribution in [-0.4, -0.2) is 10.2 Å². The number of nitrogens with zero attached hydrogens (tertiary/aromatic N) is 1. The highest BCUT2D eigenvalue weighted by molar-refractivity contribution is 14.1. The van der Waals surface area contributed by atoms with Crippen LogP contribution in [0, 0.1) is 3.57 Å². The molecule has 0 spiro atoms. The van der Waals surface area contributed by atoms with Gasteiger partial charge in [0.2, 0.25) is 0 Å². The molecular formula is C9H9IN2. The Morgan fingerprint density at radius 1 is 1.50 bits per heavy atom. The summed E-state index contributed by atoms with van der Waals surface area (Å²) in [5, 5.41) is 8.56. The van der Waals surface area contributed by atoms with Gasteiger partial charge < -0.3 is 0 Å². The van der Waals surface area contributed by atoms with Crippen molar-refractivity contribution in [1.29, 1.82) is 0 Å². The van der Waals surface area contributed by atoms with E-state index in [0.29, 0.717) is 0 Å². The van der Waals surface area contributed by atoms with Crippen LogP contribution in [0.1, 0.15) is 12.6 Å². The summed E-state index contributed by atoms with van der Waals surface area (Å²) in [6, 6.07) is 6.25. The Morgan fingerprint density at radius 3 is 3.08 bits per heavy atom. The number of fused-ring (bicyclic) bond motifs is 1. The molecule has 0 saturated carbocycles. The average Bonchev–Trinajstić information content (AvgIpc) is 2.49. The van der Waals surface area contributed by atoms with Crippen molar-refractivity contribution in [1.82, 2.24) is 10.2 Å². The van der Waals surface area contributed by atoms with E-state index in [-0.39, 0.29) is 0 Å². The molecule has 3 heteroatoms. The predicted octanol–water partition coefficient (Wildman–Crippen LogP) is 2.73.